The lowest BCUT2D eigenvalue weighted by atomic mass is 10.0. The molecule has 0 rings (SSSR count). The van der Waals surface area contributed by atoms with Crippen LogP contribution in [0.4, 0.5) is 0 Å². The average Bonchev–Trinajstić information content (AvgIpc) is 2.67. The van der Waals surface area contributed by atoms with Gasteiger partial charge in [-0.15, -0.1) is 0 Å². The van der Waals surface area contributed by atoms with E-state index >= 15 is 0 Å². The lowest BCUT2D eigenvalue weighted by molar-refractivity contribution is -0.142. The molecule has 1 atom stereocenters. The predicted molar refractivity (Wildman–Crippen MR) is 122 cm³/mol. The minimum absolute atomic E-state index is 0.118. The normalized spacial score (nSPS) is 12.3. The number of hydrogen-bond donors (Lipinski definition) is 2. The Balaban J connectivity index is 3.56. The van der Waals surface area contributed by atoms with Crippen molar-refractivity contribution in [2.45, 2.75) is 122 Å². The second-order valence-corrected chi connectivity index (χ2v) is 8.75. The van der Waals surface area contributed by atoms with E-state index in [1.807, 2.05) is 14.1 Å². The smallest absolute Gasteiger partial charge is 0.326 e. The highest BCUT2D eigenvalue weighted by atomic mass is 16.4. The number of nitrogens with one attached hydrogen (secondary N) is 1. The van der Waals surface area contributed by atoms with Gasteiger partial charge in [-0.1, -0.05) is 84.0 Å². The zero-order valence-electron chi connectivity index (χ0n) is 19.5. The summed E-state index contributed by atoms with van der Waals surface area (Å²) in [6.45, 7) is 3.20. The van der Waals surface area contributed by atoms with Gasteiger partial charge in [-0.25, -0.2) is 4.79 Å². The lowest BCUT2D eigenvalue weighted by Gasteiger charge is -2.15. The maximum atomic E-state index is 12.0. The van der Waals surface area contributed by atoms with Crippen LogP contribution >= 0.6 is 0 Å². The summed E-state index contributed by atoms with van der Waals surface area (Å²) in [5, 5.41) is 12.0. The third-order valence-corrected chi connectivity index (χ3v) is 5.49. The summed E-state index contributed by atoms with van der Waals surface area (Å²) in [7, 11) is 4.01. The van der Waals surface area contributed by atoms with Crippen molar-refractivity contribution in [3.8, 4) is 0 Å². The maximum absolute atomic E-state index is 12.0. The van der Waals surface area contributed by atoms with Gasteiger partial charge in [0, 0.05) is 6.42 Å². The summed E-state index contributed by atoms with van der Waals surface area (Å²) in [6, 6.07) is -0.744. The molecule has 29 heavy (non-hydrogen) atoms. The fourth-order valence-electron chi connectivity index (χ4n) is 3.60. The Labute approximate surface area is 180 Å². The molecule has 0 aliphatic carbocycles. The van der Waals surface area contributed by atoms with E-state index in [2.05, 4.69) is 17.1 Å². The summed E-state index contributed by atoms with van der Waals surface area (Å²) < 4.78 is 0. The van der Waals surface area contributed by atoms with Gasteiger partial charge in [0.1, 0.15) is 6.04 Å². The molecule has 0 aliphatic heterocycles. The molecule has 5 nitrogen and oxygen atoms in total. The quantitative estimate of drug-likeness (QED) is 0.235. The lowest BCUT2D eigenvalue weighted by Crippen LogP contribution is -2.40. The first-order valence-corrected chi connectivity index (χ1v) is 12.1. The highest BCUT2D eigenvalue weighted by molar-refractivity contribution is 5.83. The van der Waals surface area contributed by atoms with E-state index < -0.39 is 12.0 Å². The van der Waals surface area contributed by atoms with Crippen molar-refractivity contribution in [1.29, 1.82) is 0 Å². The first kappa shape index (κ1) is 27.9. The number of hydrogen-bond acceptors (Lipinski definition) is 3. The van der Waals surface area contributed by atoms with Gasteiger partial charge in [0.05, 0.1) is 0 Å². The number of amides is 1. The summed E-state index contributed by atoms with van der Waals surface area (Å²) in [5.74, 6) is -1.04. The second-order valence-electron chi connectivity index (χ2n) is 8.75. The Bertz CT molecular complexity index is 400. The molecule has 0 saturated carbocycles. The van der Waals surface area contributed by atoms with Crippen LogP contribution in [0.1, 0.15) is 116 Å². The number of carboxylic acids is 1. The second kappa shape index (κ2) is 20.2. The molecule has 0 aliphatic rings. The first-order chi connectivity index (χ1) is 14.0. The number of nitrogens with zero attached hydrogens (tertiary/aromatic N) is 1. The monoisotopic (exact) mass is 412 g/mol. The number of carbonyl (C=O) groups is 2. The van der Waals surface area contributed by atoms with Crippen molar-refractivity contribution in [3.63, 3.8) is 0 Å². The Morgan fingerprint density at radius 2 is 1.24 bits per heavy atom. The van der Waals surface area contributed by atoms with Crippen molar-refractivity contribution in [1.82, 2.24) is 10.2 Å². The van der Waals surface area contributed by atoms with E-state index in [0.29, 0.717) is 12.8 Å². The number of carboxylic acid groups (broad SMARTS) is 1. The van der Waals surface area contributed by atoms with Crippen LogP contribution in [0.15, 0.2) is 0 Å². The molecule has 0 aromatic heterocycles. The van der Waals surface area contributed by atoms with Crippen molar-refractivity contribution in [2.24, 2.45) is 0 Å². The zero-order chi connectivity index (χ0) is 21.7. The zero-order valence-corrected chi connectivity index (χ0v) is 19.5. The molecule has 0 saturated heterocycles. The molecule has 1 amide bonds. The summed E-state index contributed by atoms with van der Waals surface area (Å²) >= 11 is 0. The highest BCUT2D eigenvalue weighted by Crippen LogP contribution is 2.13. The van der Waals surface area contributed by atoms with Gasteiger partial charge < -0.3 is 15.3 Å². The Hall–Kier alpha value is -1.10. The van der Waals surface area contributed by atoms with Gasteiger partial charge in [0.25, 0.3) is 0 Å². The van der Waals surface area contributed by atoms with E-state index in [4.69, 9.17) is 0 Å². The summed E-state index contributed by atoms with van der Waals surface area (Å²) in [6.07, 6.45) is 19.3. The largest absolute Gasteiger partial charge is 0.480 e. The van der Waals surface area contributed by atoms with Gasteiger partial charge in [0.2, 0.25) is 5.91 Å². The van der Waals surface area contributed by atoms with Crippen molar-refractivity contribution in [2.75, 3.05) is 20.6 Å². The van der Waals surface area contributed by atoms with Crippen LogP contribution in [0.2, 0.25) is 0 Å². The molecule has 0 unspecified atom stereocenters. The van der Waals surface area contributed by atoms with Gasteiger partial charge in [-0.2, -0.15) is 0 Å². The van der Waals surface area contributed by atoms with Crippen molar-refractivity contribution < 1.29 is 14.7 Å². The molecular weight excluding hydrogens is 364 g/mol. The van der Waals surface area contributed by atoms with E-state index in [1.54, 1.807) is 0 Å². The molecule has 0 heterocycles. The Kier molecular flexibility index (Phi) is 19.4. The summed E-state index contributed by atoms with van der Waals surface area (Å²) in [4.78, 5) is 25.4. The highest BCUT2D eigenvalue weighted by Gasteiger charge is 2.19. The molecule has 0 aromatic carbocycles. The van der Waals surface area contributed by atoms with Crippen LogP contribution in [0.5, 0.6) is 0 Å². The minimum Gasteiger partial charge on any atom is -0.480 e. The number of carbonyl (C=O) groups excluding carboxylic acids is 1. The van der Waals surface area contributed by atoms with Crippen LogP contribution in [-0.4, -0.2) is 48.6 Å². The fourth-order valence-corrected chi connectivity index (χ4v) is 3.60. The predicted octanol–water partition coefficient (Wildman–Crippen LogP) is 5.77. The van der Waals surface area contributed by atoms with Crippen LogP contribution < -0.4 is 5.32 Å². The number of aliphatic carboxylic acids is 1. The molecular formula is C24H48N2O3. The molecule has 2 N–H and O–H groups in total. The molecule has 0 aromatic rings. The van der Waals surface area contributed by atoms with Crippen LogP contribution in [0, 0.1) is 0 Å². The average molecular weight is 413 g/mol. The molecule has 0 bridgehead atoms. The first-order valence-electron chi connectivity index (χ1n) is 12.1. The molecule has 0 fully saturated rings. The maximum Gasteiger partial charge on any atom is 0.326 e. The van der Waals surface area contributed by atoms with Crippen LogP contribution in [0.25, 0.3) is 0 Å². The van der Waals surface area contributed by atoms with Crippen molar-refractivity contribution in [3.05, 3.63) is 0 Å². The fraction of sp³-hybridized carbons (Fsp3) is 0.917. The Morgan fingerprint density at radius 3 is 1.69 bits per heavy atom. The minimum atomic E-state index is -0.923. The topological polar surface area (TPSA) is 69.6 Å². The molecule has 172 valence electrons. The van der Waals surface area contributed by atoms with Gasteiger partial charge in [0.15, 0.2) is 0 Å². The van der Waals surface area contributed by atoms with Crippen LogP contribution in [0.3, 0.4) is 0 Å². The van der Waals surface area contributed by atoms with Crippen LogP contribution in [-0.2, 0) is 9.59 Å². The number of rotatable bonds is 21. The van der Waals surface area contributed by atoms with E-state index in [9.17, 15) is 14.7 Å². The SMILES string of the molecule is CCCCCCCCCCCCCCCC(=O)N[C@@H](CCCCN(C)C)C(=O)O. The van der Waals surface area contributed by atoms with E-state index in [0.717, 1.165) is 32.2 Å². The third-order valence-electron chi connectivity index (χ3n) is 5.49. The third kappa shape index (κ3) is 20.0. The van der Waals surface area contributed by atoms with Gasteiger partial charge >= 0.3 is 5.97 Å². The van der Waals surface area contributed by atoms with Crippen molar-refractivity contribution >= 4 is 11.9 Å². The van der Waals surface area contributed by atoms with Gasteiger partial charge in [-0.05, 0) is 46.3 Å². The Morgan fingerprint density at radius 1 is 0.759 bits per heavy atom. The van der Waals surface area contributed by atoms with Gasteiger partial charge in [-0.3, -0.25) is 4.79 Å². The molecule has 0 radical (unpaired) electrons. The van der Waals surface area contributed by atoms with E-state index in [-0.39, 0.29) is 5.91 Å². The standard InChI is InChI=1S/C24H48N2O3/c1-4-5-6-7-8-9-10-11-12-13-14-15-16-20-23(27)25-22(24(28)29)19-17-18-21-26(2)3/h22H,4-21H2,1-3H3,(H,25,27)(H,28,29)/t22-/m0/s1. The molecule has 5 heteroatoms. The summed E-state index contributed by atoms with van der Waals surface area (Å²) in [5.41, 5.74) is 0. The van der Waals surface area contributed by atoms with E-state index in [1.165, 1.54) is 70.6 Å². The number of unbranched alkanes of at least 4 members (excludes halogenated alkanes) is 13. The molecule has 0 spiro atoms.